The molecular formula is C28H23FN2O3S. The summed E-state index contributed by atoms with van der Waals surface area (Å²) in [5.41, 5.74) is 2.49. The van der Waals surface area contributed by atoms with Crippen molar-refractivity contribution in [1.82, 2.24) is 0 Å². The Kier molecular flexibility index (Phi) is 7.80. The molecule has 0 bridgehead atoms. The largest absolute Gasteiger partial charge is 0.497 e. The highest BCUT2D eigenvalue weighted by Crippen LogP contribution is 2.36. The van der Waals surface area contributed by atoms with Gasteiger partial charge in [0.15, 0.2) is 0 Å². The van der Waals surface area contributed by atoms with Crippen molar-refractivity contribution in [3.8, 4) is 5.75 Å². The maximum absolute atomic E-state index is 13.2. The Morgan fingerprint density at radius 2 is 1.46 bits per heavy atom. The summed E-state index contributed by atoms with van der Waals surface area (Å²) in [6.45, 7) is 0. The molecule has 0 spiro atoms. The molecule has 0 heterocycles. The van der Waals surface area contributed by atoms with Crippen molar-refractivity contribution < 1.29 is 18.7 Å². The number of benzene rings is 4. The van der Waals surface area contributed by atoms with Crippen molar-refractivity contribution in [3.05, 3.63) is 120 Å². The molecule has 176 valence electrons. The van der Waals surface area contributed by atoms with Gasteiger partial charge in [0.25, 0.3) is 5.91 Å². The average molecular weight is 487 g/mol. The highest BCUT2D eigenvalue weighted by molar-refractivity contribution is 8.00. The number of rotatable bonds is 8. The topological polar surface area (TPSA) is 67.4 Å². The molecule has 5 nitrogen and oxygen atoms in total. The molecule has 0 aliphatic carbocycles. The number of amides is 2. The Morgan fingerprint density at radius 1 is 0.800 bits per heavy atom. The third-order valence-electron chi connectivity index (χ3n) is 5.15. The number of carbonyl (C=O) groups excluding carboxylic acids is 2. The van der Waals surface area contributed by atoms with Gasteiger partial charge in [0.05, 0.1) is 7.11 Å². The predicted molar refractivity (Wildman–Crippen MR) is 137 cm³/mol. The molecule has 35 heavy (non-hydrogen) atoms. The first-order valence-corrected chi connectivity index (χ1v) is 11.7. The second-order valence-corrected chi connectivity index (χ2v) is 8.79. The molecule has 2 N–H and O–H groups in total. The number of hydrogen-bond donors (Lipinski definition) is 2. The lowest BCUT2D eigenvalue weighted by molar-refractivity contribution is -0.115. The molecule has 0 radical (unpaired) electrons. The first-order chi connectivity index (χ1) is 17.0. The van der Waals surface area contributed by atoms with Crippen molar-refractivity contribution in [1.29, 1.82) is 0 Å². The maximum Gasteiger partial charge on any atom is 0.255 e. The second kappa shape index (κ2) is 11.4. The van der Waals surface area contributed by atoms with E-state index in [-0.39, 0.29) is 17.6 Å². The standard InChI is InChI=1S/C28H23FN2O3S/c1-34-24-9-5-8-20(18-24)27(32)30-23-14-16-25(17-15-23)35-26(19-6-3-2-4-7-19)28(33)31-22-12-10-21(29)11-13-22/h2-18,26H,1H3,(H,30,32)(H,31,33). The number of methoxy groups -OCH3 is 1. The Morgan fingerprint density at radius 3 is 2.14 bits per heavy atom. The Balaban J connectivity index is 1.47. The van der Waals surface area contributed by atoms with Gasteiger partial charge in [0, 0.05) is 21.8 Å². The summed E-state index contributed by atoms with van der Waals surface area (Å²) >= 11 is 1.39. The molecule has 0 saturated heterocycles. The van der Waals surface area contributed by atoms with Gasteiger partial charge in [-0.15, -0.1) is 11.8 Å². The lowest BCUT2D eigenvalue weighted by atomic mass is 10.1. The van der Waals surface area contributed by atoms with Gasteiger partial charge in [-0.1, -0.05) is 36.4 Å². The summed E-state index contributed by atoms with van der Waals surface area (Å²) in [7, 11) is 1.55. The van der Waals surface area contributed by atoms with Crippen LogP contribution in [-0.4, -0.2) is 18.9 Å². The molecule has 4 aromatic carbocycles. The Hall–Kier alpha value is -4.10. The molecule has 0 aromatic heterocycles. The van der Waals surface area contributed by atoms with E-state index in [1.54, 1.807) is 43.5 Å². The van der Waals surface area contributed by atoms with Crippen LogP contribution in [0.2, 0.25) is 0 Å². The van der Waals surface area contributed by atoms with Gasteiger partial charge in [-0.3, -0.25) is 9.59 Å². The minimum atomic E-state index is -0.529. The number of halogens is 1. The SMILES string of the molecule is COc1cccc(C(=O)Nc2ccc(SC(C(=O)Nc3ccc(F)cc3)c3ccccc3)cc2)c1. The molecule has 4 aromatic rings. The molecule has 0 fully saturated rings. The van der Waals surface area contributed by atoms with Gasteiger partial charge >= 0.3 is 0 Å². The smallest absolute Gasteiger partial charge is 0.255 e. The number of ether oxygens (including phenoxy) is 1. The van der Waals surface area contributed by atoms with Crippen molar-refractivity contribution in [2.45, 2.75) is 10.1 Å². The van der Waals surface area contributed by atoms with Crippen molar-refractivity contribution in [2.24, 2.45) is 0 Å². The molecule has 4 rings (SSSR count). The van der Waals surface area contributed by atoms with Crippen LogP contribution in [0.15, 0.2) is 108 Å². The van der Waals surface area contributed by atoms with Crippen LogP contribution in [-0.2, 0) is 4.79 Å². The summed E-state index contributed by atoms with van der Waals surface area (Å²) < 4.78 is 18.4. The Bertz CT molecular complexity index is 1300. The van der Waals surface area contributed by atoms with Crippen LogP contribution in [0.3, 0.4) is 0 Å². The van der Waals surface area contributed by atoms with E-state index < -0.39 is 5.25 Å². The third kappa shape index (κ3) is 6.49. The van der Waals surface area contributed by atoms with Gasteiger partial charge in [0.2, 0.25) is 5.91 Å². The second-order valence-electron chi connectivity index (χ2n) is 7.62. The zero-order valence-electron chi connectivity index (χ0n) is 18.9. The van der Waals surface area contributed by atoms with Crippen molar-refractivity contribution >= 4 is 35.0 Å². The summed E-state index contributed by atoms with van der Waals surface area (Å²) in [5.74, 6) is -0.223. The van der Waals surface area contributed by atoms with E-state index >= 15 is 0 Å². The zero-order chi connectivity index (χ0) is 24.6. The fraction of sp³-hybridized carbons (Fsp3) is 0.0714. The molecule has 0 aliphatic rings. The van der Waals surface area contributed by atoms with Gasteiger partial charge in [-0.25, -0.2) is 4.39 Å². The van der Waals surface area contributed by atoms with E-state index in [4.69, 9.17) is 4.74 Å². The van der Waals surface area contributed by atoms with E-state index in [2.05, 4.69) is 10.6 Å². The highest BCUT2D eigenvalue weighted by atomic mass is 32.2. The number of carbonyl (C=O) groups is 2. The van der Waals surface area contributed by atoms with Gasteiger partial charge in [-0.05, 0) is 72.3 Å². The van der Waals surface area contributed by atoms with Crippen LogP contribution in [0.1, 0.15) is 21.2 Å². The van der Waals surface area contributed by atoms with Gasteiger partial charge < -0.3 is 15.4 Å². The van der Waals surface area contributed by atoms with Crippen molar-refractivity contribution in [2.75, 3.05) is 17.7 Å². The summed E-state index contributed by atoms with van der Waals surface area (Å²) in [6.07, 6.45) is 0. The van der Waals surface area contributed by atoms with E-state index in [1.807, 2.05) is 42.5 Å². The Labute approximate surface area is 207 Å². The lowest BCUT2D eigenvalue weighted by Crippen LogP contribution is -2.19. The van der Waals surface area contributed by atoms with Crippen LogP contribution in [0, 0.1) is 5.82 Å². The fourth-order valence-electron chi connectivity index (χ4n) is 3.36. The van der Waals surface area contributed by atoms with E-state index in [0.29, 0.717) is 22.7 Å². The lowest BCUT2D eigenvalue weighted by Gasteiger charge is -2.17. The molecule has 0 aliphatic heterocycles. The molecule has 1 unspecified atom stereocenters. The number of anilines is 2. The molecule has 1 atom stereocenters. The van der Waals surface area contributed by atoms with E-state index in [9.17, 15) is 14.0 Å². The maximum atomic E-state index is 13.2. The van der Waals surface area contributed by atoms with E-state index in [0.717, 1.165) is 10.5 Å². The summed E-state index contributed by atoms with van der Waals surface area (Å²) in [5, 5.41) is 5.20. The minimum Gasteiger partial charge on any atom is -0.497 e. The number of thioether (sulfide) groups is 1. The molecule has 0 saturated carbocycles. The normalized spacial score (nSPS) is 11.4. The summed E-state index contributed by atoms with van der Waals surface area (Å²) in [4.78, 5) is 26.6. The quantitative estimate of drug-likeness (QED) is 0.277. The first kappa shape index (κ1) is 24.0. The van der Waals surface area contributed by atoms with Crippen LogP contribution in [0.25, 0.3) is 0 Å². The zero-order valence-corrected chi connectivity index (χ0v) is 19.7. The number of nitrogens with one attached hydrogen (secondary N) is 2. The third-order valence-corrected chi connectivity index (χ3v) is 6.42. The van der Waals surface area contributed by atoms with Gasteiger partial charge in [0.1, 0.15) is 16.8 Å². The fourth-order valence-corrected chi connectivity index (χ4v) is 4.39. The molecular weight excluding hydrogens is 463 g/mol. The average Bonchev–Trinajstić information content (AvgIpc) is 2.90. The van der Waals surface area contributed by atoms with Crippen LogP contribution < -0.4 is 15.4 Å². The predicted octanol–water partition coefficient (Wildman–Crippen LogP) is 6.56. The summed E-state index contributed by atoms with van der Waals surface area (Å²) in [6, 6.07) is 29.3. The highest BCUT2D eigenvalue weighted by Gasteiger charge is 2.22. The van der Waals surface area contributed by atoms with Gasteiger partial charge in [-0.2, -0.15) is 0 Å². The first-order valence-electron chi connectivity index (χ1n) is 10.9. The molecule has 7 heteroatoms. The van der Waals surface area contributed by atoms with Crippen LogP contribution >= 0.6 is 11.8 Å². The minimum absolute atomic E-state index is 0.219. The van der Waals surface area contributed by atoms with Crippen molar-refractivity contribution in [3.63, 3.8) is 0 Å². The monoisotopic (exact) mass is 486 g/mol. The van der Waals surface area contributed by atoms with Crippen LogP contribution in [0.4, 0.5) is 15.8 Å². The molecule has 2 amide bonds. The van der Waals surface area contributed by atoms with Crippen LogP contribution in [0.5, 0.6) is 5.75 Å². The number of hydrogen-bond acceptors (Lipinski definition) is 4. The van der Waals surface area contributed by atoms with E-state index in [1.165, 1.54) is 36.0 Å².